The van der Waals surface area contributed by atoms with E-state index in [9.17, 15) is 4.79 Å². The van der Waals surface area contributed by atoms with E-state index in [1.165, 1.54) is 11.9 Å². The van der Waals surface area contributed by atoms with Gasteiger partial charge in [-0.2, -0.15) is 5.10 Å². The van der Waals surface area contributed by atoms with Crippen LogP contribution in [0.1, 0.15) is 29.4 Å². The van der Waals surface area contributed by atoms with Gasteiger partial charge in [-0.25, -0.2) is 14.6 Å². The van der Waals surface area contributed by atoms with Crippen molar-refractivity contribution >= 4 is 11.7 Å². The Kier molecular flexibility index (Phi) is 5.21. The van der Waals surface area contributed by atoms with Crippen LogP contribution in [0.5, 0.6) is 5.75 Å². The first-order valence-corrected chi connectivity index (χ1v) is 8.74. The Morgan fingerprint density at radius 1 is 1.07 bits per heavy atom. The molecule has 0 saturated heterocycles. The largest absolute Gasteiger partial charge is 0.481 e. The summed E-state index contributed by atoms with van der Waals surface area (Å²) in [6, 6.07) is 9.39. The minimum Gasteiger partial charge on any atom is -0.481 e. The van der Waals surface area contributed by atoms with Gasteiger partial charge in [-0.1, -0.05) is 6.07 Å². The van der Waals surface area contributed by atoms with E-state index in [1.807, 2.05) is 52.0 Å². The maximum Gasteiger partial charge on any atom is 0.266 e. The molecule has 7 heteroatoms. The molecule has 0 aliphatic heterocycles. The molecule has 1 atom stereocenters. The third-order valence-electron chi connectivity index (χ3n) is 4.29. The highest BCUT2D eigenvalue weighted by molar-refractivity contribution is 5.93. The monoisotopic (exact) mass is 365 g/mol. The first kappa shape index (κ1) is 18.6. The van der Waals surface area contributed by atoms with Crippen LogP contribution in [0.15, 0.2) is 36.7 Å². The fraction of sp³-hybridized carbons (Fsp3) is 0.300. The van der Waals surface area contributed by atoms with E-state index in [0.29, 0.717) is 17.4 Å². The van der Waals surface area contributed by atoms with Crippen molar-refractivity contribution in [3.63, 3.8) is 0 Å². The molecule has 2 aromatic heterocycles. The zero-order chi connectivity index (χ0) is 19.6. The number of hydrogen-bond acceptors (Lipinski definition) is 5. The van der Waals surface area contributed by atoms with Crippen LogP contribution in [0.25, 0.3) is 5.82 Å². The Labute approximate surface area is 158 Å². The van der Waals surface area contributed by atoms with Crippen LogP contribution < -0.4 is 10.1 Å². The molecule has 0 aliphatic carbocycles. The van der Waals surface area contributed by atoms with Crippen molar-refractivity contribution in [2.75, 3.05) is 5.32 Å². The molecule has 2 heterocycles. The van der Waals surface area contributed by atoms with Gasteiger partial charge in [0.05, 0.1) is 5.69 Å². The fourth-order valence-electron chi connectivity index (χ4n) is 2.66. The van der Waals surface area contributed by atoms with E-state index in [-0.39, 0.29) is 5.91 Å². The maximum atomic E-state index is 12.5. The summed E-state index contributed by atoms with van der Waals surface area (Å²) in [4.78, 5) is 20.8. The number of amides is 1. The molecule has 3 rings (SSSR count). The van der Waals surface area contributed by atoms with E-state index in [0.717, 1.165) is 17.0 Å². The normalized spacial score (nSPS) is 11.9. The number of hydrogen-bond donors (Lipinski definition) is 1. The third-order valence-corrected chi connectivity index (χ3v) is 4.29. The van der Waals surface area contributed by atoms with Gasteiger partial charge < -0.3 is 10.1 Å². The molecular weight excluding hydrogens is 342 g/mol. The lowest BCUT2D eigenvalue weighted by atomic mass is 10.1. The molecule has 0 bridgehead atoms. The average Bonchev–Trinajstić information content (AvgIpc) is 2.96. The molecule has 27 heavy (non-hydrogen) atoms. The summed E-state index contributed by atoms with van der Waals surface area (Å²) in [5.74, 6) is 1.36. The molecule has 3 aromatic rings. The summed E-state index contributed by atoms with van der Waals surface area (Å²) in [5.41, 5.74) is 4.14. The number of carbonyl (C=O) groups is 1. The van der Waals surface area contributed by atoms with Gasteiger partial charge in [0.25, 0.3) is 5.91 Å². The van der Waals surface area contributed by atoms with Gasteiger partial charge in [0, 0.05) is 11.8 Å². The van der Waals surface area contributed by atoms with Crippen molar-refractivity contribution in [2.24, 2.45) is 0 Å². The standard InChI is InChI=1S/C20H23N5O2/c1-12-6-7-17(8-13(12)2)27-16(5)20(26)23-18-10-19(22-11-21-18)25-15(4)9-14(3)24-25/h6-11,16H,1-5H3,(H,21,22,23,26). The quantitative estimate of drug-likeness (QED) is 0.750. The number of rotatable bonds is 5. The van der Waals surface area contributed by atoms with Gasteiger partial charge >= 0.3 is 0 Å². The zero-order valence-corrected chi connectivity index (χ0v) is 16.1. The Morgan fingerprint density at radius 3 is 2.52 bits per heavy atom. The molecule has 1 amide bonds. The topological polar surface area (TPSA) is 81.9 Å². The van der Waals surface area contributed by atoms with Crippen LogP contribution in [0.3, 0.4) is 0 Å². The lowest BCUT2D eigenvalue weighted by Gasteiger charge is -2.15. The number of nitrogens with one attached hydrogen (secondary N) is 1. The van der Waals surface area contributed by atoms with Crippen molar-refractivity contribution in [2.45, 2.75) is 40.7 Å². The van der Waals surface area contributed by atoms with Gasteiger partial charge in [0.1, 0.15) is 17.9 Å². The van der Waals surface area contributed by atoms with Gasteiger partial charge in [-0.3, -0.25) is 4.79 Å². The highest BCUT2D eigenvalue weighted by Crippen LogP contribution is 2.18. The Morgan fingerprint density at radius 2 is 1.85 bits per heavy atom. The first-order chi connectivity index (χ1) is 12.8. The number of aromatic nitrogens is 4. The van der Waals surface area contributed by atoms with Crippen molar-refractivity contribution in [3.05, 3.63) is 59.2 Å². The number of nitrogens with zero attached hydrogens (tertiary/aromatic N) is 4. The van der Waals surface area contributed by atoms with Crippen LogP contribution >= 0.6 is 0 Å². The smallest absolute Gasteiger partial charge is 0.266 e. The minimum atomic E-state index is -0.667. The predicted octanol–water partition coefficient (Wildman–Crippen LogP) is 3.30. The second kappa shape index (κ2) is 7.57. The number of ether oxygens (including phenoxy) is 1. The molecule has 0 saturated carbocycles. The van der Waals surface area contributed by atoms with Crippen LogP contribution in [0.2, 0.25) is 0 Å². The molecule has 1 N–H and O–H groups in total. The molecule has 0 fully saturated rings. The number of anilines is 1. The molecular formula is C20H23N5O2. The molecule has 0 aliphatic rings. The van der Waals surface area contributed by atoms with Crippen molar-refractivity contribution in [1.82, 2.24) is 19.7 Å². The van der Waals surface area contributed by atoms with E-state index in [2.05, 4.69) is 20.4 Å². The van der Waals surface area contributed by atoms with Crippen molar-refractivity contribution in [1.29, 1.82) is 0 Å². The van der Waals surface area contributed by atoms with E-state index >= 15 is 0 Å². The SMILES string of the molecule is Cc1cc(C)n(-c2cc(NC(=O)C(C)Oc3ccc(C)c(C)c3)ncn2)n1. The third kappa shape index (κ3) is 4.31. The van der Waals surface area contributed by atoms with Crippen LogP contribution in [0, 0.1) is 27.7 Å². The second-order valence-electron chi connectivity index (χ2n) is 6.60. The molecule has 1 aromatic carbocycles. The fourth-order valence-corrected chi connectivity index (χ4v) is 2.66. The maximum absolute atomic E-state index is 12.5. The van der Waals surface area contributed by atoms with Crippen molar-refractivity contribution < 1.29 is 9.53 Å². The summed E-state index contributed by atoms with van der Waals surface area (Å²) in [6.07, 6.45) is 0.732. The van der Waals surface area contributed by atoms with Gasteiger partial charge in [0.2, 0.25) is 0 Å². The minimum absolute atomic E-state index is 0.286. The number of aryl methyl sites for hydroxylation is 4. The Bertz CT molecular complexity index is 980. The van der Waals surface area contributed by atoms with Gasteiger partial charge in [-0.15, -0.1) is 0 Å². The summed E-state index contributed by atoms with van der Waals surface area (Å²) in [7, 11) is 0. The van der Waals surface area contributed by atoms with E-state index in [1.54, 1.807) is 17.7 Å². The number of carbonyl (C=O) groups excluding carboxylic acids is 1. The highest BCUT2D eigenvalue weighted by atomic mass is 16.5. The molecule has 1 unspecified atom stereocenters. The molecule has 7 nitrogen and oxygen atoms in total. The Balaban J connectivity index is 1.71. The predicted molar refractivity (Wildman–Crippen MR) is 103 cm³/mol. The van der Waals surface area contributed by atoms with Crippen molar-refractivity contribution in [3.8, 4) is 11.6 Å². The van der Waals surface area contributed by atoms with Gasteiger partial charge in [-0.05, 0) is 63.9 Å². The summed E-state index contributed by atoms with van der Waals surface area (Å²) in [6.45, 7) is 9.60. The zero-order valence-electron chi connectivity index (χ0n) is 16.1. The van der Waals surface area contributed by atoms with E-state index in [4.69, 9.17) is 4.74 Å². The highest BCUT2D eigenvalue weighted by Gasteiger charge is 2.16. The molecule has 140 valence electrons. The number of benzene rings is 1. The summed E-state index contributed by atoms with van der Waals surface area (Å²) in [5, 5.41) is 7.16. The summed E-state index contributed by atoms with van der Waals surface area (Å²) >= 11 is 0. The second-order valence-corrected chi connectivity index (χ2v) is 6.60. The van der Waals surface area contributed by atoms with Crippen LogP contribution in [0.4, 0.5) is 5.82 Å². The lowest BCUT2D eigenvalue weighted by molar-refractivity contribution is -0.122. The first-order valence-electron chi connectivity index (χ1n) is 8.74. The average molecular weight is 365 g/mol. The van der Waals surface area contributed by atoms with E-state index < -0.39 is 6.10 Å². The van der Waals surface area contributed by atoms with Gasteiger partial charge in [0.15, 0.2) is 11.9 Å². The van der Waals surface area contributed by atoms with Crippen LogP contribution in [-0.2, 0) is 4.79 Å². The lowest BCUT2D eigenvalue weighted by Crippen LogP contribution is -2.30. The molecule has 0 spiro atoms. The molecule has 0 radical (unpaired) electrons. The Hall–Kier alpha value is -3.22. The van der Waals surface area contributed by atoms with Crippen LogP contribution in [-0.4, -0.2) is 31.8 Å². The summed E-state index contributed by atoms with van der Waals surface area (Å²) < 4.78 is 7.46.